The van der Waals surface area contributed by atoms with E-state index >= 15 is 0 Å². The van der Waals surface area contributed by atoms with Gasteiger partial charge < -0.3 is 24.8 Å². The lowest BCUT2D eigenvalue weighted by Crippen LogP contribution is -2.19. The number of aromatic nitrogens is 1. The SMILES string of the molecule is Cn1c(C(=O)Nc2ccc(C#N)cc2C(=O)O)cc2cccc(OCC(O)CCl)c21. The zero-order valence-electron chi connectivity index (χ0n) is 15.9. The number of aromatic carboxylic acids is 1. The Balaban J connectivity index is 1.94. The van der Waals surface area contributed by atoms with Crippen LogP contribution in [0.15, 0.2) is 42.5 Å². The van der Waals surface area contributed by atoms with Gasteiger partial charge in [0.2, 0.25) is 0 Å². The first-order chi connectivity index (χ1) is 14.3. The van der Waals surface area contributed by atoms with E-state index in [9.17, 15) is 19.8 Å². The van der Waals surface area contributed by atoms with Gasteiger partial charge in [0.15, 0.2) is 0 Å². The molecule has 3 rings (SSSR count). The van der Waals surface area contributed by atoms with E-state index in [1.807, 2.05) is 6.07 Å². The van der Waals surface area contributed by atoms with Crippen molar-refractivity contribution < 1.29 is 24.5 Å². The van der Waals surface area contributed by atoms with Crippen molar-refractivity contribution in [1.82, 2.24) is 4.57 Å². The third-order valence-corrected chi connectivity index (χ3v) is 4.84. The van der Waals surface area contributed by atoms with Crippen LogP contribution in [0.4, 0.5) is 5.69 Å². The van der Waals surface area contributed by atoms with Crippen LogP contribution >= 0.6 is 11.6 Å². The number of benzene rings is 2. The molecule has 1 amide bonds. The van der Waals surface area contributed by atoms with E-state index in [1.165, 1.54) is 18.2 Å². The Morgan fingerprint density at radius 2 is 2.07 bits per heavy atom. The Morgan fingerprint density at radius 1 is 1.30 bits per heavy atom. The monoisotopic (exact) mass is 427 g/mol. The van der Waals surface area contributed by atoms with Crippen molar-refractivity contribution in [2.45, 2.75) is 6.10 Å². The number of aliphatic hydroxyl groups excluding tert-OH is 1. The molecule has 0 radical (unpaired) electrons. The van der Waals surface area contributed by atoms with E-state index in [1.54, 1.807) is 35.9 Å². The number of amides is 1. The summed E-state index contributed by atoms with van der Waals surface area (Å²) in [4.78, 5) is 24.4. The number of anilines is 1. The molecule has 2 aromatic carbocycles. The normalized spacial score (nSPS) is 11.7. The second kappa shape index (κ2) is 8.86. The van der Waals surface area contributed by atoms with Crippen molar-refractivity contribution in [2.75, 3.05) is 17.8 Å². The molecule has 0 aliphatic heterocycles. The van der Waals surface area contributed by atoms with Crippen LogP contribution in [0.25, 0.3) is 10.9 Å². The molecule has 3 N–H and O–H groups in total. The van der Waals surface area contributed by atoms with Gasteiger partial charge in [-0.15, -0.1) is 11.6 Å². The summed E-state index contributed by atoms with van der Waals surface area (Å²) in [5.41, 5.74) is 0.997. The lowest BCUT2D eigenvalue weighted by atomic mass is 10.1. The lowest BCUT2D eigenvalue weighted by Gasteiger charge is -2.13. The maximum absolute atomic E-state index is 12.9. The van der Waals surface area contributed by atoms with Crippen molar-refractivity contribution in [3.8, 4) is 11.8 Å². The van der Waals surface area contributed by atoms with Crippen molar-refractivity contribution >= 4 is 40.1 Å². The van der Waals surface area contributed by atoms with Gasteiger partial charge in [0, 0.05) is 12.4 Å². The summed E-state index contributed by atoms with van der Waals surface area (Å²) < 4.78 is 7.27. The fraction of sp³-hybridized carbons (Fsp3) is 0.190. The molecule has 1 heterocycles. The van der Waals surface area contributed by atoms with Gasteiger partial charge in [-0.2, -0.15) is 5.26 Å². The first-order valence-corrected chi connectivity index (χ1v) is 9.43. The van der Waals surface area contributed by atoms with E-state index in [-0.39, 0.29) is 35.0 Å². The number of fused-ring (bicyclic) bond motifs is 1. The van der Waals surface area contributed by atoms with Crippen molar-refractivity contribution in [2.24, 2.45) is 7.05 Å². The molecule has 0 bridgehead atoms. The molecular formula is C21H18ClN3O5. The zero-order valence-corrected chi connectivity index (χ0v) is 16.7. The minimum atomic E-state index is -1.26. The Labute approximate surface area is 176 Å². The van der Waals surface area contributed by atoms with Crippen LogP contribution in [0.2, 0.25) is 0 Å². The lowest BCUT2D eigenvalue weighted by molar-refractivity contribution is 0.0698. The van der Waals surface area contributed by atoms with E-state index in [0.717, 1.165) is 5.39 Å². The van der Waals surface area contributed by atoms with Gasteiger partial charge in [-0.1, -0.05) is 12.1 Å². The van der Waals surface area contributed by atoms with Crippen molar-refractivity contribution in [3.63, 3.8) is 0 Å². The molecule has 0 aliphatic carbocycles. The number of alkyl halides is 1. The number of carbonyl (C=O) groups excluding carboxylic acids is 1. The standard InChI is InChI=1S/C21H18ClN3O5/c1-25-17(8-13-3-2-4-18(19(13)25)30-11-14(26)9-22)20(27)24-16-6-5-12(10-23)7-15(16)21(28)29/h2-8,14,26H,9,11H2,1H3,(H,24,27)(H,28,29). The summed E-state index contributed by atoms with van der Waals surface area (Å²) in [6, 6.07) is 12.8. The number of nitrogens with zero attached hydrogens (tertiary/aromatic N) is 2. The highest BCUT2D eigenvalue weighted by Crippen LogP contribution is 2.29. The van der Waals surface area contributed by atoms with Crippen LogP contribution in [0.1, 0.15) is 26.4 Å². The van der Waals surface area contributed by atoms with E-state index in [4.69, 9.17) is 21.6 Å². The molecule has 0 fully saturated rings. The van der Waals surface area contributed by atoms with Crippen LogP contribution in [-0.2, 0) is 7.05 Å². The Kier molecular flexibility index (Phi) is 6.26. The van der Waals surface area contributed by atoms with Crippen LogP contribution in [0.5, 0.6) is 5.75 Å². The van der Waals surface area contributed by atoms with Crippen LogP contribution in [-0.4, -0.2) is 45.2 Å². The molecule has 0 spiro atoms. The fourth-order valence-corrected chi connectivity index (χ4v) is 3.12. The molecular weight excluding hydrogens is 410 g/mol. The fourth-order valence-electron chi connectivity index (χ4n) is 3.03. The molecule has 1 aromatic heterocycles. The number of carbonyl (C=O) groups is 2. The van der Waals surface area contributed by atoms with Gasteiger partial charge in [0.25, 0.3) is 5.91 Å². The Morgan fingerprint density at radius 3 is 2.73 bits per heavy atom. The number of nitrogens with one attached hydrogen (secondary N) is 1. The summed E-state index contributed by atoms with van der Waals surface area (Å²) in [6.45, 7) is 0.00252. The van der Waals surface area contributed by atoms with Crippen LogP contribution in [0.3, 0.4) is 0 Å². The molecule has 1 unspecified atom stereocenters. The summed E-state index contributed by atoms with van der Waals surface area (Å²) >= 11 is 5.60. The number of carboxylic acids is 1. The van der Waals surface area contributed by atoms with Gasteiger partial charge in [0.1, 0.15) is 24.2 Å². The maximum Gasteiger partial charge on any atom is 0.337 e. The Hall–Kier alpha value is -3.54. The topological polar surface area (TPSA) is 125 Å². The molecule has 1 atom stereocenters. The average Bonchev–Trinajstić information content (AvgIpc) is 3.09. The molecule has 3 aromatic rings. The number of hydrogen-bond acceptors (Lipinski definition) is 5. The maximum atomic E-state index is 12.9. The summed E-state index contributed by atoms with van der Waals surface area (Å²) in [5, 5.41) is 31.3. The van der Waals surface area contributed by atoms with Gasteiger partial charge >= 0.3 is 5.97 Å². The average molecular weight is 428 g/mol. The number of para-hydroxylation sites is 1. The molecule has 30 heavy (non-hydrogen) atoms. The molecule has 0 saturated carbocycles. The summed E-state index contributed by atoms with van der Waals surface area (Å²) in [6.07, 6.45) is -0.823. The van der Waals surface area contributed by atoms with Gasteiger partial charge in [-0.25, -0.2) is 4.79 Å². The minimum Gasteiger partial charge on any atom is -0.489 e. The highest BCUT2D eigenvalue weighted by Gasteiger charge is 2.19. The third-order valence-electron chi connectivity index (χ3n) is 4.49. The van der Waals surface area contributed by atoms with Crippen molar-refractivity contribution in [1.29, 1.82) is 5.26 Å². The molecule has 154 valence electrons. The second-order valence-electron chi connectivity index (χ2n) is 6.53. The number of aryl methyl sites for hydroxylation is 1. The van der Waals surface area contributed by atoms with Gasteiger partial charge in [-0.3, -0.25) is 4.79 Å². The molecule has 0 aliphatic rings. The van der Waals surface area contributed by atoms with Crippen molar-refractivity contribution in [3.05, 3.63) is 59.3 Å². The number of aliphatic hydroxyl groups is 1. The predicted molar refractivity (Wildman–Crippen MR) is 111 cm³/mol. The minimum absolute atomic E-state index is 0.00252. The number of hydrogen-bond donors (Lipinski definition) is 3. The summed E-state index contributed by atoms with van der Waals surface area (Å²) in [5.74, 6) is -1.27. The number of carboxylic acid groups (broad SMARTS) is 1. The molecule has 9 heteroatoms. The predicted octanol–water partition coefficient (Wildman–Crippen LogP) is 2.98. The largest absolute Gasteiger partial charge is 0.489 e. The van der Waals surface area contributed by atoms with E-state index in [0.29, 0.717) is 11.3 Å². The number of nitriles is 1. The quantitative estimate of drug-likeness (QED) is 0.498. The van der Waals surface area contributed by atoms with Gasteiger partial charge in [-0.05, 0) is 30.3 Å². The molecule has 8 nitrogen and oxygen atoms in total. The first-order valence-electron chi connectivity index (χ1n) is 8.89. The number of ether oxygens (including phenoxy) is 1. The zero-order chi connectivity index (χ0) is 21.8. The second-order valence-corrected chi connectivity index (χ2v) is 6.84. The highest BCUT2D eigenvalue weighted by atomic mass is 35.5. The van der Waals surface area contributed by atoms with E-state index in [2.05, 4.69) is 5.32 Å². The third kappa shape index (κ3) is 4.22. The van der Waals surface area contributed by atoms with Crippen LogP contribution < -0.4 is 10.1 Å². The smallest absolute Gasteiger partial charge is 0.337 e. The highest BCUT2D eigenvalue weighted by molar-refractivity contribution is 6.18. The first kappa shape index (κ1) is 21.2. The molecule has 0 saturated heterocycles. The van der Waals surface area contributed by atoms with Crippen LogP contribution in [0, 0.1) is 11.3 Å². The van der Waals surface area contributed by atoms with E-state index < -0.39 is 18.0 Å². The number of rotatable bonds is 7. The summed E-state index contributed by atoms with van der Waals surface area (Å²) in [7, 11) is 1.68. The number of halogens is 1. The van der Waals surface area contributed by atoms with Gasteiger partial charge in [0.05, 0.1) is 34.3 Å². The Bertz CT molecular complexity index is 1170.